The molecular formula is C17H25NO2. The molecule has 1 saturated heterocycles. The van der Waals surface area contributed by atoms with Gasteiger partial charge in [0.1, 0.15) is 5.75 Å². The fraction of sp³-hybridized carbons (Fsp3) is 0.588. The summed E-state index contributed by atoms with van der Waals surface area (Å²) in [4.78, 5) is 11.7. The van der Waals surface area contributed by atoms with Crippen molar-refractivity contribution in [1.29, 1.82) is 0 Å². The van der Waals surface area contributed by atoms with E-state index in [-0.39, 0.29) is 17.6 Å². The molecule has 20 heavy (non-hydrogen) atoms. The Kier molecular flexibility index (Phi) is 4.36. The highest BCUT2D eigenvalue weighted by Gasteiger charge is 2.40. The van der Waals surface area contributed by atoms with E-state index >= 15 is 0 Å². The van der Waals surface area contributed by atoms with Crippen LogP contribution in [-0.4, -0.2) is 17.6 Å². The Morgan fingerprint density at radius 1 is 1.25 bits per heavy atom. The molecule has 0 aromatic heterocycles. The Balaban J connectivity index is 2.25. The van der Waals surface area contributed by atoms with Gasteiger partial charge >= 0.3 is 0 Å². The summed E-state index contributed by atoms with van der Waals surface area (Å²) in [5.41, 5.74) is 1.05. The Bertz CT molecular complexity index is 482. The van der Waals surface area contributed by atoms with Crippen molar-refractivity contribution < 1.29 is 9.53 Å². The van der Waals surface area contributed by atoms with Gasteiger partial charge in [-0.2, -0.15) is 0 Å². The van der Waals surface area contributed by atoms with Crippen molar-refractivity contribution >= 4 is 5.91 Å². The number of nitrogens with one attached hydrogen (secondary N) is 1. The standard InChI is InChI=1S/C17H25NO2/c1-12(2)17(10-9-16(19)18-17)11-14-7-5-6-8-15(14)20-13(3)4/h5-8,12-13H,9-11H2,1-4H3,(H,18,19). The fourth-order valence-electron chi connectivity index (χ4n) is 2.87. The quantitative estimate of drug-likeness (QED) is 0.895. The molecule has 0 bridgehead atoms. The Morgan fingerprint density at radius 2 is 1.95 bits per heavy atom. The number of carbonyl (C=O) groups is 1. The van der Waals surface area contributed by atoms with Gasteiger partial charge in [0.05, 0.1) is 6.10 Å². The lowest BCUT2D eigenvalue weighted by Crippen LogP contribution is -2.48. The van der Waals surface area contributed by atoms with Crippen LogP contribution in [0.4, 0.5) is 0 Å². The van der Waals surface area contributed by atoms with Crippen LogP contribution in [0, 0.1) is 5.92 Å². The van der Waals surface area contributed by atoms with Gasteiger partial charge in [-0.3, -0.25) is 4.79 Å². The molecule has 3 nitrogen and oxygen atoms in total. The number of benzene rings is 1. The van der Waals surface area contributed by atoms with E-state index in [0.717, 1.165) is 18.6 Å². The van der Waals surface area contributed by atoms with Gasteiger partial charge in [-0.05, 0) is 44.2 Å². The van der Waals surface area contributed by atoms with E-state index in [1.54, 1.807) is 0 Å². The van der Waals surface area contributed by atoms with Crippen molar-refractivity contribution in [3.63, 3.8) is 0 Å². The van der Waals surface area contributed by atoms with E-state index in [4.69, 9.17) is 4.74 Å². The van der Waals surface area contributed by atoms with Crippen molar-refractivity contribution in [1.82, 2.24) is 5.32 Å². The molecule has 1 aliphatic heterocycles. The second-order valence-corrected chi connectivity index (χ2v) is 6.31. The van der Waals surface area contributed by atoms with Crippen LogP contribution < -0.4 is 10.1 Å². The van der Waals surface area contributed by atoms with Crippen LogP contribution in [0.1, 0.15) is 46.1 Å². The zero-order chi connectivity index (χ0) is 14.8. The van der Waals surface area contributed by atoms with Gasteiger partial charge in [0, 0.05) is 12.0 Å². The first-order valence-corrected chi connectivity index (χ1v) is 7.48. The third-order valence-electron chi connectivity index (χ3n) is 4.13. The van der Waals surface area contributed by atoms with Crippen LogP contribution in [-0.2, 0) is 11.2 Å². The fourth-order valence-corrected chi connectivity index (χ4v) is 2.87. The minimum Gasteiger partial charge on any atom is -0.491 e. The lowest BCUT2D eigenvalue weighted by atomic mass is 9.79. The number of rotatable bonds is 5. The van der Waals surface area contributed by atoms with Crippen LogP contribution in [0.5, 0.6) is 5.75 Å². The molecule has 3 heteroatoms. The van der Waals surface area contributed by atoms with Crippen LogP contribution >= 0.6 is 0 Å². The van der Waals surface area contributed by atoms with Gasteiger partial charge in [-0.25, -0.2) is 0 Å². The van der Waals surface area contributed by atoms with E-state index in [1.165, 1.54) is 5.56 Å². The summed E-state index contributed by atoms with van der Waals surface area (Å²) in [6, 6.07) is 8.15. The summed E-state index contributed by atoms with van der Waals surface area (Å²) in [5.74, 6) is 1.51. The van der Waals surface area contributed by atoms with Crippen LogP contribution in [0.3, 0.4) is 0 Å². The molecule has 1 aromatic carbocycles. The highest BCUT2D eigenvalue weighted by Crippen LogP contribution is 2.34. The second kappa shape index (κ2) is 5.86. The first-order valence-electron chi connectivity index (χ1n) is 7.48. The Hall–Kier alpha value is -1.51. The summed E-state index contributed by atoms with van der Waals surface area (Å²) in [6.07, 6.45) is 2.52. The number of ether oxygens (including phenoxy) is 1. The van der Waals surface area contributed by atoms with E-state index in [1.807, 2.05) is 32.0 Å². The maximum Gasteiger partial charge on any atom is 0.220 e. The molecule has 1 aromatic rings. The summed E-state index contributed by atoms with van der Waals surface area (Å²) >= 11 is 0. The van der Waals surface area contributed by atoms with Crippen molar-refractivity contribution in [2.45, 2.75) is 58.6 Å². The largest absolute Gasteiger partial charge is 0.491 e. The predicted octanol–water partition coefficient (Wildman–Crippen LogP) is 3.32. The predicted molar refractivity (Wildman–Crippen MR) is 80.9 cm³/mol. The highest BCUT2D eigenvalue weighted by atomic mass is 16.5. The SMILES string of the molecule is CC(C)Oc1ccccc1CC1(C(C)C)CCC(=O)N1. The molecule has 1 fully saturated rings. The lowest BCUT2D eigenvalue weighted by molar-refractivity contribution is -0.120. The van der Waals surface area contributed by atoms with Gasteiger partial charge in [0.25, 0.3) is 0 Å². The Labute approximate surface area is 121 Å². The molecule has 0 aliphatic carbocycles. The molecule has 1 amide bonds. The zero-order valence-electron chi connectivity index (χ0n) is 12.9. The average Bonchev–Trinajstić information content (AvgIpc) is 2.74. The highest BCUT2D eigenvalue weighted by molar-refractivity contribution is 5.79. The normalized spacial score (nSPS) is 22.4. The van der Waals surface area contributed by atoms with Crippen molar-refractivity contribution in [2.24, 2.45) is 5.92 Å². The number of hydrogen-bond acceptors (Lipinski definition) is 2. The first-order chi connectivity index (χ1) is 9.43. The summed E-state index contributed by atoms with van der Waals surface area (Å²) < 4.78 is 5.89. The zero-order valence-corrected chi connectivity index (χ0v) is 12.9. The molecule has 110 valence electrons. The third kappa shape index (κ3) is 3.14. The molecule has 1 aliphatic rings. The number of amides is 1. The monoisotopic (exact) mass is 275 g/mol. The molecular weight excluding hydrogens is 250 g/mol. The number of para-hydroxylation sites is 1. The smallest absolute Gasteiger partial charge is 0.220 e. The van der Waals surface area contributed by atoms with Gasteiger partial charge in [0.2, 0.25) is 5.91 Å². The average molecular weight is 275 g/mol. The summed E-state index contributed by atoms with van der Waals surface area (Å²) in [5, 5.41) is 3.20. The van der Waals surface area contributed by atoms with Gasteiger partial charge in [-0.1, -0.05) is 32.0 Å². The maximum atomic E-state index is 11.7. The van der Waals surface area contributed by atoms with Crippen molar-refractivity contribution in [3.05, 3.63) is 29.8 Å². The van der Waals surface area contributed by atoms with E-state index in [9.17, 15) is 4.79 Å². The molecule has 1 atom stereocenters. The summed E-state index contributed by atoms with van der Waals surface area (Å²) in [7, 11) is 0. The van der Waals surface area contributed by atoms with Gasteiger partial charge in [0.15, 0.2) is 0 Å². The molecule has 1 unspecified atom stereocenters. The van der Waals surface area contributed by atoms with Gasteiger partial charge < -0.3 is 10.1 Å². The summed E-state index contributed by atoms with van der Waals surface area (Å²) in [6.45, 7) is 8.42. The molecule has 0 radical (unpaired) electrons. The molecule has 2 rings (SSSR count). The second-order valence-electron chi connectivity index (χ2n) is 6.31. The lowest BCUT2D eigenvalue weighted by Gasteiger charge is -2.34. The number of carbonyl (C=O) groups excluding carboxylic acids is 1. The van der Waals surface area contributed by atoms with E-state index in [2.05, 4.69) is 25.2 Å². The minimum atomic E-state index is -0.131. The third-order valence-corrected chi connectivity index (χ3v) is 4.13. The topological polar surface area (TPSA) is 38.3 Å². The van der Waals surface area contributed by atoms with E-state index in [0.29, 0.717) is 12.3 Å². The van der Waals surface area contributed by atoms with Crippen LogP contribution in [0.25, 0.3) is 0 Å². The van der Waals surface area contributed by atoms with Crippen molar-refractivity contribution in [3.8, 4) is 5.75 Å². The first kappa shape index (κ1) is 14.9. The van der Waals surface area contributed by atoms with E-state index < -0.39 is 0 Å². The van der Waals surface area contributed by atoms with Gasteiger partial charge in [-0.15, -0.1) is 0 Å². The Morgan fingerprint density at radius 3 is 2.50 bits per heavy atom. The molecule has 0 spiro atoms. The molecule has 0 saturated carbocycles. The van der Waals surface area contributed by atoms with Crippen LogP contribution in [0.15, 0.2) is 24.3 Å². The van der Waals surface area contributed by atoms with Crippen LogP contribution in [0.2, 0.25) is 0 Å². The maximum absolute atomic E-state index is 11.7. The molecule has 1 heterocycles. The van der Waals surface area contributed by atoms with Crippen molar-refractivity contribution in [2.75, 3.05) is 0 Å². The number of hydrogen-bond donors (Lipinski definition) is 1. The minimum absolute atomic E-state index is 0.131. The molecule has 1 N–H and O–H groups in total.